The summed E-state index contributed by atoms with van der Waals surface area (Å²) in [6, 6.07) is 17.8. The van der Waals surface area contributed by atoms with Gasteiger partial charge in [-0.25, -0.2) is 13.2 Å². The van der Waals surface area contributed by atoms with Crippen LogP contribution in [0.4, 0.5) is 0 Å². The molecule has 12 nitrogen and oxygen atoms in total. The Morgan fingerprint density at radius 1 is 0.977 bits per heavy atom. The van der Waals surface area contributed by atoms with E-state index < -0.39 is 27.6 Å². The summed E-state index contributed by atoms with van der Waals surface area (Å²) < 4.78 is 30.4. The fraction of sp³-hybridized carbons (Fsp3) is 0.323. The van der Waals surface area contributed by atoms with Gasteiger partial charge in [-0.1, -0.05) is 42.5 Å². The van der Waals surface area contributed by atoms with E-state index in [1.165, 1.54) is 6.07 Å². The van der Waals surface area contributed by atoms with Crippen LogP contribution in [0.15, 0.2) is 71.8 Å². The van der Waals surface area contributed by atoms with Gasteiger partial charge >= 0.3 is 5.97 Å². The van der Waals surface area contributed by atoms with E-state index in [1.807, 2.05) is 30.3 Å². The summed E-state index contributed by atoms with van der Waals surface area (Å²) in [4.78, 5) is 26.4. The van der Waals surface area contributed by atoms with Crippen LogP contribution >= 0.6 is 0 Å². The van der Waals surface area contributed by atoms with E-state index in [-0.39, 0.29) is 23.2 Å². The lowest BCUT2D eigenvalue weighted by Gasteiger charge is -2.32. The van der Waals surface area contributed by atoms with Crippen molar-refractivity contribution in [3.8, 4) is 11.1 Å². The number of aliphatic carboxylic acids is 1. The Balaban J connectivity index is 1.43. The Hall–Kier alpha value is -4.14. The molecule has 4 aromatic rings. The number of hydrogen-bond donors (Lipinski definition) is 7. The minimum absolute atomic E-state index is 0.0306. The number of H-pyrrole nitrogens is 1. The third kappa shape index (κ3) is 6.98. The summed E-state index contributed by atoms with van der Waals surface area (Å²) in [5.41, 5.74) is 1.22. The third-order valence-electron chi connectivity index (χ3n) is 7.69. The Kier molecular flexibility index (Phi) is 9.42. The molecular weight excluding hydrogens is 582 g/mol. The van der Waals surface area contributed by atoms with Gasteiger partial charge in [0.15, 0.2) is 0 Å². The number of amides is 1. The van der Waals surface area contributed by atoms with Gasteiger partial charge in [-0.2, -0.15) is 9.82 Å². The topological polar surface area (TPSA) is 177 Å². The molecular formula is C31H37N7O5S. The van der Waals surface area contributed by atoms with Crippen molar-refractivity contribution in [3.05, 3.63) is 83.6 Å². The molecule has 1 amide bonds. The van der Waals surface area contributed by atoms with E-state index in [1.54, 1.807) is 44.3 Å². The van der Waals surface area contributed by atoms with E-state index in [0.29, 0.717) is 41.4 Å². The molecule has 0 saturated carbocycles. The van der Waals surface area contributed by atoms with Crippen molar-refractivity contribution in [1.82, 2.24) is 36.2 Å². The number of carboxylic acid groups (broad SMARTS) is 1. The average Bonchev–Trinajstić information content (AvgIpc) is 3.68. The van der Waals surface area contributed by atoms with Gasteiger partial charge in [0.25, 0.3) is 5.91 Å². The SMILES string of the molecule is Cc1cc(-c2ccccc2)cc(C)c1S(=O)(=O)NC(CCCCNC1NCCN1)(NC(=O)c1ccc2[nH]ncc2c1)C(=O)O. The molecule has 232 valence electrons. The van der Waals surface area contributed by atoms with Crippen molar-refractivity contribution in [2.75, 3.05) is 19.6 Å². The highest BCUT2D eigenvalue weighted by molar-refractivity contribution is 7.89. The van der Waals surface area contributed by atoms with Crippen molar-refractivity contribution in [1.29, 1.82) is 0 Å². The minimum Gasteiger partial charge on any atom is -0.478 e. The average molecular weight is 620 g/mol. The number of hydrogen-bond acceptors (Lipinski definition) is 8. The van der Waals surface area contributed by atoms with Crippen LogP contribution < -0.4 is 26.0 Å². The Morgan fingerprint density at radius 3 is 2.36 bits per heavy atom. The fourth-order valence-electron chi connectivity index (χ4n) is 5.56. The van der Waals surface area contributed by atoms with Crippen LogP contribution in [0.5, 0.6) is 0 Å². The molecule has 0 spiro atoms. The number of fused-ring (bicyclic) bond motifs is 1. The number of aromatic nitrogens is 2. The second-order valence-corrected chi connectivity index (χ2v) is 12.6. The summed E-state index contributed by atoms with van der Waals surface area (Å²) in [7, 11) is -4.43. The normalized spacial score (nSPS) is 15.3. The standard InChI is InChI=1S/C31H37N7O5S/c1-20-16-24(22-8-4-3-5-9-22)17-21(2)27(20)44(42,43)38-31(29(40)41,12-6-7-13-32-30-33-14-15-34-30)36-28(39)23-10-11-26-25(18-23)19-35-37-26/h3-5,8-11,16-19,30,32-34,38H,6-7,12-15H2,1-2H3,(H,35,37)(H,36,39)(H,40,41). The minimum atomic E-state index is -4.43. The number of unbranched alkanes of at least 4 members (excludes halogenated alkanes) is 1. The highest BCUT2D eigenvalue weighted by atomic mass is 32.2. The maximum atomic E-state index is 14.0. The number of rotatable bonds is 13. The van der Waals surface area contributed by atoms with E-state index in [2.05, 4.69) is 36.2 Å². The van der Waals surface area contributed by atoms with Gasteiger partial charge in [0, 0.05) is 24.0 Å². The van der Waals surface area contributed by atoms with Crippen LogP contribution in [0.3, 0.4) is 0 Å². The van der Waals surface area contributed by atoms with E-state index in [0.717, 1.165) is 24.2 Å². The monoisotopic (exact) mass is 619 g/mol. The van der Waals surface area contributed by atoms with Gasteiger partial charge < -0.3 is 10.4 Å². The number of carboxylic acids is 1. The van der Waals surface area contributed by atoms with E-state index in [4.69, 9.17) is 0 Å². The van der Waals surface area contributed by atoms with Crippen LogP contribution in [0.2, 0.25) is 0 Å². The molecule has 3 aromatic carbocycles. The number of aromatic amines is 1. The zero-order valence-electron chi connectivity index (χ0n) is 24.6. The largest absolute Gasteiger partial charge is 0.478 e. The number of nitrogens with zero attached hydrogens (tertiary/aromatic N) is 1. The summed E-state index contributed by atoms with van der Waals surface area (Å²) in [6.07, 6.45) is 2.16. The van der Waals surface area contributed by atoms with Crippen molar-refractivity contribution in [3.63, 3.8) is 0 Å². The highest BCUT2D eigenvalue weighted by Crippen LogP contribution is 2.29. The predicted molar refractivity (Wildman–Crippen MR) is 167 cm³/mol. The molecule has 13 heteroatoms. The van der Waals surface area contributed by atoms with Crippen molar-refractivity contribution in [2.24, 2.45) is 0 Å². The van der Waals surface area contributed by atoms with E-state index >= 15 is 0 Å². The van der Waals surface area contributed by atoms with Gasteiger partial charge in [0.1, 0.15) is 6.29 Å². The van der Waals surface area contributed by atoms with Crippen LogP contribution in [-0.2, 0) is 14.8 Å². The first-order chi connectivity index (χ1) is 21.1. The van der Waals surface area contributed by atoms with Crippen LogP contribution in [0, 0.1) is 13.8 Å². The van der Waals surface area contributed by atoms with E-state index in [9.17, 15) is 23.1 Å². The summed E-state index contributed by atoms with van der Waals surface area (Å²) in [5.74, 6) is -2.24. The van der Waals surface area contributed by atoms with Crippen LogP contribution in [-0.4, -0.2) is 67.2 Å². The second-order valence-electron chi connectivity index (χ2n) is 11.0. The highest BCUT2D eigenvalue weighted by Gasteiger charge is 2.44. The predicted octanol–water partition coefficient (Wildman–Crippen LogP) is 2.57. The van der Waals surface area contributed by atoms with Gasteiger partial charge in [0.2, 0.25) is 15.7 Å². The molecule has 7 N–H and O–H groups in total. The number of carbonyl (C=O) groups excluding carboxylic acids is 1. The maximum Gasteiger partial charge on any atom is 0.345 e. The quantitative estimate of drug-likeness (QED) is 0.0876. The van der Waals surface area contributed by atoms with Gasteiger partial charge in [0.05, 0.1) is 16.6 Å². The number of nitrogens with one attached hydrogen (secondary N) is 6. The Labute approximate surface area is 256 Å². The molecule has 1 atom stereocenters. The molecule has 1 unspecified atom stereocenters. The number of sulfonamides is 1. The van der Waals surface area contributed by atoms with Gasteiger partial charge in [-0.15, -0.1) is 0 Å². The molecule has 0 aliphatic carbocycles. The van der Waals surface area contributed by atoms with Gasteiger partial charge in [-0.05, 0) is 80.1 Å². The first kappa shape index (κ1) is 31.3. The lowest BCUT2D eigenvalue weighted by atomic mass is 10.0. The molecule has 1 aromatic heterocycles. The lowest BCUT2D eigenvalue weighted by molar-refractivity contribution is -0.145. The van der Waals surface area contributed by atoms with Crippen LogP contribution in [0.25, 0.3) is 22.0 Å². The first-order valence-corrected chi connectivity index (χ1v) is 16.0. The number of carbonyl (C=O) groups is 2. The summed E-state index contributed by atoms with van der Waals surface area (Å²) >= 11 is 0. The van der Waals surface area contributed by atoms with Crippen LogP contribution in [0.1, 0.15) is 40.7 Å². The molecule has 0 radical (unpaired) electrons. The van der Waals surface area contributed by atoms with Crippen molar-refractivity contribution in [2.45, 2.75) is 50.0 Å². The lowest BCUT2D eigenvalue weighted by Crippen LogP contribution is -2.65. The number of benzene rings is 3. The molecule has 1 aliphatic rings. The molecule has 1 fully saturated rings. The Morgan fingerprint density at radius 2 is 1.68 bits per heavy atom. The summed E-state index contributed by atoms with van der Waals surface area (Å²) in [5, 5.41) is 30.2. The molecule has 44 heavy (non-hydrogen) atoms. The summed E-state index contributed by atoms with van der Waals surface area (Å²) in [6.45, 7) is 5.57. The second kappa shape index (κ2) is 13.2. The Bertz CT molecular complexity index is 1730. The molecule has 0 bridgehead atoms. The van der Waals surface area contributed by atoms with Crippen molar-refractivity contribution >= 4 is 32.8 Å². The number of aryl methyl sites for hydroxylation is 2. The van der Waals surface area contributed by atoms with Crippen molar-refractivity contribution < 1.29 is 23.1 Å². The maximum absolute atomic E-state index is 14.0. The smallest absolute Gasteiger partial charge is 0.345 e. The molecule has 2 heterocycles. The zero-order chi connectivity index (χ0) is 31.3. The fourth-order valence-corrected chi connectivity index (χ4v) is 7.32. The molecule has 5 rings (SSSR count). The van der Waals surface area contributed by atoms with Gasteiger partial charge in [-0.3, -0.25) is 25.8 Å². The molecule has 1 saturated heterocycles. The third-order valence-corrected chi connectivity index (χ3v) is 9.49. The molecule has 1 aliphatic heterocycles. The zero-order valence-corrected chi connectivity index (χ0v) is 25.4. The first-order valence-electron chi connectivity index (χ1n) is 14.5.